The fourth-order valence-corrected chi connectivity index (χ4v) is 2.69. The molecule has 2 aromatic rings. The van der Waals surface area contributed by atoms with Crippen molar-refractivity contribution in [2.45, 2.75) is 26.9 Å². The predicted octanol–water partition coefficient (Wildman–Crippen LogP) is 4.02. The van der Waals surface area contributed by atoms with Gasteiger partial charge in [-0.25, -0.2) is 0 Å². The second kappa shape index (κ2) is 10.0. The van der Waals surface area contributed by atoms with Crippen molar-refractivity contribution in [3.05, 3.63) is 59.7 Å². The van der Waals surface area contributed by atoms with Crippen LogP contribution in [0.25, 0.3) is 0 Å². The largest absolute Gasteiger partial charge is 0.497 e. The number of benzene rings is 2. The summed E-state index contributed by atoms with van der Waals surface area (Å²) >= 11 is 5.35. The number of nitrogens with one attached hydrogen (secondary N) is 2. The van der Waals surface area contributed by atoms with Crippen LogP contribution < -0.4 is 15.4 Å². The normalized spacial score (nSPS) is 10.6. The molecule has 0 aliphatic rings. The van der Waals surface area contributed by atoms with E-state index in [0.29, 0.717) is 11.7 Å². The molecule has 2 rings (SSSR count). The molecule has 0 radical (unpaired) electrons. The highest BCUT2D eigenvalue weighted by Crippen LogP contribution is 2.15. The minimum Gasteiger partial charge on any atom is -0.497 e. The Hall–Kier alpha value is -2.11. The number of thiocarbonyl (C=S) groups is 1. The van der Waals surface area contributed by atoms with Crippen LogP contribution in [0.5, 0.6) is 5.75 Å². The van der Waals surface area contributed by atoms with E-state index in [-0.39, 0.29) is 0 Å². The Morgan fingerprint density at radius 1 is 0.960 bits per heavy atom. The van der Waals surface area contributed by atoms with Gasteiger partial charge in [0.05, 0.1) is 7.11 Å². The molecule has 0 spiro atoms. The Morgan fingerprint density at radius 2 is 1.56 bits per heavy atom. The third-order valence-corrected chi connectivity index (χ3v) is 4.37. The maximum Gasteiger partial charge on any atom is 0.171 e. The summed E-state index contributed by atoms with van der Waals surface area (Å²) in [6.07, 6.45) is 0. The molecule has 0 amide bonds. The van der Waals surface area contributed by atoms with E-state index in [9.17, 15) is 0 Å². The first-order valence-electron chi connectivity index (χ1n) is 8.63. The van der Waals surface area contributed by atoms with E-state index in [1.807, 2.05) is 24.3 Å². The van der Waals surface area contributed by atoms with Crippen molar-refractivity contribution in [3.63, 3.8) is 0 Å². The summed E-state index contributed by atoms with van der Waals surface area (Å²) in [5.74, 6) is 0.828. The van der Waals surface area contributed by atoms with E-state index in [1.54, 1.807) is 7.11 Å². The predicted molar refractivity (Wildman–Crippen MR) is 109 cm³/mol. The fraction of sp³-hybridized carbons (Fsp3) is 0.350. The summed E-state index contributed by atoms with van der Waals surface area (Å²) < 4.78 is 5.15. The molecule has 0 aromatic heterocycles. The van der Waals surface area contributed by atoms with Crippen molar-refractivity contribution in [2.75, 3.05) is 25.5 Å². The van der Waals surface area contributed by atoms with Gasteiger partial charge in [0.1, 0.15) is 5.75 Å². The van der Waals surface area contributed by atoms with E-state index < -0.39 is 0 Å². The number of anilines is 1. The van der Waals surface area contributed by atoms with Gasteiger partial charge >= 0.3 is 0 Å². The van der Waals surface area contributed by atoms with Gasteiger partial charge in [-0.05, 0) is 60.7 Å². The van der Waals surface area contributed by atoms with Crippen LogP contribution in [0.15, 0.2) is 48.5 Å². The van der Waals surface area contributed by atoms with Crippen LogP contribution in [0.2, 0.25) is 0 Å². The second-order valence-corrected chi connectivity index (χ2v) is 6.22. The molecule has 0 fully saturated rings. The highest BCUT2D eigenvalue weighted by Gasteiger charge is 2.02. The summed E-state index contributed by atoms with van der Waals surface area (Å²) in [5.41, 5.74) is 3.49. The molecule has 0 aliphatic heterocycles. The van der Waals surface area contributed by atoms with Crippen molar-refractivity contribution < 1.29 is 4.74 Å². The third kappa shape index (κ3) is 6.36. The lowest BCUT2D eigenvalue weighted by Crippen LogP contribution is -2.27. The molecule has 0 aliphatic carbocycles. The zero-order chi connectivity index (χ0) is 18.1. The summed E-state index contributed by atoms with van der Waals surface area (Å²) in [6, 6.07) is 16.4. The minimum absolute atomic E-state index is 0.609. The molecule has 0 atom stereocenters. The van der Waals surface area contributed by atoms with E-state index in [1.165, 1.54) is 11.1 Å². The molecular formula is C20H27N3OS. The fourth-order valence-electron chi connectivity index (χ4n) is 2.50. The van der Waals surface area contributed by atoms with Crippen LogP contribution >= 0.6 is 12.2 Å². The van der Waals surface area contributed by atoms with Crippen LogP contribution in [-0.2, 0) is 13.1 Å². The Labute approximate surface area is 156 Å². The molecule has 2 aromatic carbocycles. The van der Waals surface area contributed by atoms with Crippen molar-refractivity contribution in [1.29, 1.82) is 0 Å². The number of ether oxygens (including phenoxy) is 1. The van der Waals surface area contributed by atoms with Gasteiger partial charge in [0.25, 0.3) is 0 Å². The van der Waals surface area contributed by atoms with Gasteiger partial charge in [-0.1, -0.05) is 38.1 Å². The van der Waals surface area contributed by atoms with Crippen LogP contribution in [0.1, 0.15) is 25.0 Å². The van der Waals surface area contributed by atoms with Gasteiger partial charge in [0.2, 0.25) is 0 Å². The molecule has 0 heterocycles. The maximum absolute atomic E-state index is 5.35. The van der Waals surface area contributed by atoms with E-state index >= 15 is 0 Å². The smallest absolute Gasteiger partial charge is 0.171 e. The number of rotatable bonds is 8. The Bertz CT molecular complexity index is 652. The molecule has 5 heteroatoms. The first-order valence-corrected chi connectivity index (χ1v) is 9.04. The number of hydrogen-bond donors (Lipinski definition) is 2. The average molecular weight is 358 g/mol. The van der Waals surface area contributed by atoms with Crippen LogP contribution in [0, 0.1) is 0 Å². The summed E-state index contributed by atoms with van der Waals surface area (Å²) in [6.45, 7) is 8.24. The zero-order valence-corrected chi connectivity index (χ0v) is 16.0. The number of nitrogens with zero attached hydrogens (tertiary/aromatic N) is 1. The van der Waals surface area contributed by atoms with Crippen molar-refractivity contribution >= 4 is 23.0 Å². The van der Waals surface area contributed by atoms with Crippen molar-refractivity contribution in [3.8, 4) is 5.75 Å². The molecule has 0 bridgehead atoms. The Morgan fingerprint density at radius 3 is 2.12 bits per heavy atom. The molecule has 25 heavy (non-hydrogen) atoms. The van der Waals surface area contributed by atoms with E-state index in [0.717, 1.165) is 31.1 Å². The molecule has 134 valence electrons. The van der Waals surface area contributed by atoms with Gasteiger partial charge in [-0.2, -0.15) is 0 Å². The van der Waals surface area contributed by atoms with Gasteiger partial charge < -0.3 is 15.4 Å². The molecule has 0 unspecified atom stereocenters. The first kappa shape index (κ1) is 19.2. The van der Waals surface area contributed by atoms with Crippen molar-refractivity contribution in [2.24, 2.45) is 0 Å². The second-order valence-electron chi connectivity index (χ2n) is 5.81. The number of hydrogen-bond acceptors (Lipinski definition) is 3. The Balaban J connectivity index is 1.80. The molecule has 0 saturated heterocycles. The quantitative estimate of drug-likeness (QED) is 0.698. The third-order valence-electron chi connectivity index (χ3n) is 4.12. The van der Waals surface area contributed by atoms with Crippen LogP contribution in [0.3, 0.4) is 0 Å². The van der Waals surface area contributed by atoms with E-state index in [2.05, 4.69) is 53.6 Å². The summed E-state index contributed by atoms with van der Waals surface area (Å²) in [5, 5.41) is 7.02. The molecule has 2 N–H and O–H groups in total. The SMILES string of the molecule is CCN(CC)Cc1ccc(CNC(=S)Nc2ccc(OC)cc2)cc1. The molecule has 4 nitrogen and oxygen atoms in total. The summed E-state index contributed by atoms with van der Waals surface area (Å²) in [4.78, 5) is 2.40. The van der Waals surface area contributed by atoms with Gasteiger partial charge in [-0.3, -0.25) is 4.90 Å². The first-order chi connectivity index (χ1) is 12.1. The van der Waals surface area contributed by atoms with Crippen molar-refractivity contribution in [1.82, 2.24) is 10.2 Å². The maximum atomic E-state index is 5.35. The lowest BCUT2D eigenvalue weighted by Gasteiger charge is -2.18. The molecular weight excluding hydrogens is 330 g/mol. The van der Waals surface area contributed by atoms with Gasteiger partial charge in [0, 0.05) is 18.8 Å². The monoisotopic (exact) mass is 357 g/mol. The van der Waals surface area contributed by atoms with Crippen LogP contribution in [-0.4, -0.2) is 30.2 Å². The summed E-state index contributed by atoms with van der Waals surface area (Å²) in [7, 11) is 1.65. The minimum atomic E-state index is 0.609. The topological polar surface area (TPSA) is 36.5 Å². The lowest BCUT2D eigenvalue weighted by molar-refractivity contribution is 0.296. The standard InChI is InChI=1S/C20H27N3OS/c1-4-23(5-2)15-17-8-6-16(7-9-17)14-21-20(25)22-18-10-12-19(24-3)13-11-18/h6-13H,4-5,14-15H2,1-3H3,(H2,21,22,25). The molecule has 0 saturated carbocycles. The average Bonchev–Trinajstić information content (AvgIpc) is 2.66. The zero-order valence-electron chi connectivity index (χ0n) is 15.2. The van der Waals surface area contributed by atoms with Gasteiger partial charge in [0.15, 0.2) is 5.11 Å². The van der Waals surface area contributed by atoms with Crippen LogP contribution in [0.4, 0.5) is 5.69 Å². The Kier molecular flexibility index (Phi) is 7.70. The van der Waals surface area contributed by atoms with Gasteiger partial charge in [-0.15, -0.1) is 0 Å². The highest BCUT2D eigenvalue weighted by atomic mass is 32.1. The van der Waals surface area contributed by atoms with E-state index in [4.69, 9.17) is 17.0 Å². The number of methoxy groups -OCH3 is 1. The lowest BCUT2D eigenvalue weighted by atomic mass is 10.1. The highest BCUT2D eigenvalue weighted by molar-refractivity contribution is 7.80.